The van der Waals surface area contributed by atoms with Crippen LogP contribution in [0.15, 0.2) is 53.6 Å². The number of carbonyl (C=O) groups excluding carboxylic acids is 1. The minimum absolute atomic E-state index is 0.137. The number of hydrogen-bond acceptors (Lipinski definition) is 6. The number of fused-ring (bicyclic) bond motifs is 1. The molecule has 1 aromatic heterocycles. The molecule has 0 radical (unpaired) electrons. The molecule has 7 heteroatoms. The van der Waals surface area contributed by atoms with Crippen molar-refractivity contribution >= 4 is 34.3 Å². The number of benzene rings is 2. The van der Waals surface area contributed by atoms with Crippen LogP contribution in [0.25, 0.3) is 10.9 Å². The number of thioether (sulfide) groups is 1. The van der Waals surface area contributed by atoms with Crippen molar-refractivity contribution in [2.75, 3.05) is 32.4 Å². The molecule has 1 N–H and O–H groups in total. The van der Waals surface area contributed by atoms with Crippen molar-refractivity contribution in [1.29, 1.82) is 0 Å². The van der Waals surface area contributed by atoms with E-state index in [9.17, 15) is 4.79 Å². The van der Waals surface area contributed by atoms with Gasteiger partial charge >= 0.3 is 0 Å². The minimum Gasteiger partial charge on any atom is -0.493 e. The van der Waals surface area contributed by atoms with E-state index in [1.807, 2.05) is 30.3 Å². The molecule has 140 valence electrons. The molecule has 0 aliphatic carbocycles. The van der Waals surface area contributed by atoms with E-state index in [0.717, 1.165) is 15.8 Å². The number of nitrogens with one attached hydrogen (secondary N) is 1. The Balaban J connectivity index is 1.72. The number of rotatable bonds is 7. The third-order valence-electron chi connectivity index (χ3n) is 3.90. The number of aromatic nitrogens is 1. The van der Waals surface area contributed by atoms with Gasteiger partial charge in [0, 0.05) is 34.3 Å². The summed E-state index contributed by atoms with van der Waals surface area (Å²) in [6, 6.07) is 13.2. The number of anilines is 1. The lowest BCUT2D eigenvalue weighted by atomic mass is 10.2. The van der Waals surface area contributed by atoms with Gasteiger partial charge in [0.1, 0.15) is 0 Å². The standard InChI is InChI=1S/C20H20N2O4S/c1-24-15-10-14(11-16(25-2)20(15)26-3)22-18(23)12-27-17-8-4-6-13-7-5-9-21-19(13)17/h4-11H,12H2,1-3H3,(H,22,23). The number of nitrogens with zero attached hydrogens (tertiary/aromatic N) is 1. The van der Waals surface area contributed by atoms with E-state index in [1.54, 1.807) is 18.3 Å². The average molecular weight is 384 g/mol. The van der Waals surface area contributed by atoms with Gasteiger partial charge in [0.15, 0.2) is 11.5 Å². The maximum Gasteiger partial charge on any atom is 0.234 e. The fourth-order valence-electron chi connectivity index (χ4n) is 2.69. The first kappa shape index (κ1) is 18.8. The Labute approximate surface area is 161 Å². The Bertz CT molecular complexity index is 931. The summed E-state index contributed by atoms with van der Waals surface area (Å²) in [4.78, 5) is 17.8. The Morgan fingerprint density at radius 3 is 2.41 bits per heavy atom. The molecule has 6 nitrogen and oxygen atoms in total. The monoisotopic (exact) mass is 384 g/mol. The molecule has 0 fully saturated rings. The van der Waals surface area contributed by atoms with Gasteiger partial charge in [0.25, 0.3) is 0 Å². The van der Waals surface area contributed by atoms with Gasteiger partial charge in [-0.1, -0.05) is 18.2 Å². The minimum atomic E-state index is -0.137. The van der Waals surface area contributed by atoms with Crippen LogP contribution < -0.4 is 19.5 Å². The Hall–Kier alpha value is -2.93. The van der Waals surface area contributed by atoms with E-state index >= 15 is 0 Å². The molecule has 0 bridgehead atoms. The summed E-state index contributed by atoms with van der Waals surface area (Å²) in [6.07, 6.45) is 1.75. The summed E-state index contributed by atoms with van der Waals surface area (Å²) < 4.78 is 15.9. The third-order valence-corrected chi connectivity index (χ3v) is 4.95. The first-order valence-corrected chi connectivity index (χ1v) is 9.21. The second-order valence-corrected chi connectivity index (χ2v) is 6.60. The van der Waals surface area contributed by atoms with Crippen molar-refractivity contribution in [3.8, 4) is 17.2 Å². The predicted octanol–water partition coefficient (Wildman–Crippen LogP) is 3.99. The fourth-order valence-corrected chi connectivity index (χ4v) is 3.53. The van der Waals surface area contributed by atoms with Crippen molar-refractivity contribution in [2.24, 2.45) is 0 Å². The number of ether oxygens (including phenoxy) is 3. The fraction of sp³-hybridized carbons (Fsp3) is 0.200. The maximum absolute atomic E-state index is 12.4. The van der Waals surface area contributed by atoms with Crippen molar-refractivity contribution in [2.45, 2.75) is 4.90 Å². The number of carbonyl (C=O) groups is 1. The Kier molecular flexibility index (Phi) is 6.03. The summed E-state index contributed by atoms with van der Waals surface area (Å²) in [6.45, 7) is 0. The largest absolute Gasteiger partial charge is 0.493 e. The zero-order valence-corrected chi connectivity index (χ0v) is 16.1. The normalized spacial score (nSPS) is 10.5. The van der Waals surface area contributed by atoms with Crippen LogP contribution in [0.1, 0.15) is 0 Å². The van der Waals surface area contributed by atoms with Crippen LogP contribution in [0.4, 0.5) is 5.69 Å². The highest BCUT2D eigenvalue weighted by Crippen LogP contribution is 2.40. The molecule has 1 heterocycles. The van der Waals surface area contributed by atoms with Gasteiger partial charge in [-0.3, -0.25) is 9.78 Å². The molecule has 27 heavy (non-hydrogen) atoms. The van der Waals surface area contributed by atoms with Crippen molar-refractivity contribution < 1.29 is 19.0 Å². The molecule has 0 saturated heterocycles. The lowest BCUT2D eigenvalue weighted by Gasteiger charge is -2.14. The van der Waals surface area contributed by atoms with Gasteiger partial charge in [0.2, 0.25) is 11.7 Å². The molecule has 1 amide bonds. The van der Waals surface area contributed by atoms with Gasteiger partial charge in [-0.25, -0.2) is 0 Å². The summed E-state index contributed by atoms with van der Waals surface area (Å²) in [5.41, 5.74) is 1.47. The molecule has 0 spiro atoms. The number of amides is 1. The number of hydrogen-bond donors (Lipinski definition) is 1. The van der Waals surface area contributed by atoms with Crippen LogP contribution in [0, 0.1) is 0 Å². The van der Waals surface area contributed by atoms with E-state index in [-0.39, 0.29) is 11.7 Å². The molecule has 3 rings (SSSR count). The smallest absolute Gasteiger partial charge is 0.234 e. The summed E-state index contributed by atoms with van der Waals surface area (Å²) in [5, 5.41) is 3.91. The highest BCUT2D eigenvalue weighted by atomic mass is 32.2. The van der Waals surface area contributed by atoms with E-state index in [2.05, 4.69) is 10.3 Å². The predicted molar refractivity (Wildman–Crippen MR) is 107 cm³/mol. The summed E-state index contributed by atoms with van der Waals surface area (Å²) in [5.74, 6) is 1.57. The van der Waals surface area contributed by atoms with Crippen molar-refractivity contribution in [3.63, 3.8) is 0 Å². The molecule has 0 aliphatic heterocycles. The van der Waals surface area contributed by atoms with Crippen LogP contribution in [0.3, 0.4) is 0 Å². The first-order chi connectivity index (χ1) is 13.2. The van der Waals surface area contributed by atoms with E-state index in [4.69, 9.17) is 14.2 Å². The maximum atomic E-state index is 12.4. The second kappa shape index (κ2) is 8.64. The SMILES string of the molecule is COc1cc(NC(=O)CSc2cccc3cccnc23)cc(OC)c1OC. The molecule has 0 saturated carbocycles. The molecular weight excluding hydrogens is 364 g/mol. The van der Waals surface area contributed by atoms with Crippen LogP contribution in [0.5, 0.6) is 17.2 Å². The topological polar surface area (TPSA) is 69.7 Å². The lowest BCUT2D eigenvalue weighted by molar-refractivity contribution is -0.113. The van der Waals surface area contributed by atoms with Gasteiger partial charge in [-0.2, -0.15) is 0 Å². The molecular formula is C20H20N2O4S. The molecule has 0 unspecified atom stereocenters. The van der Waals surface area contributed by atoms with Gasteiger partial charge < -0.3 is 19.5 Å². The Morgan fingerprint density at radius 2 is 1.74 bits per heavy atom. The second-order valence-electron chi connectivity index (χ2n) is 5.58. The Morgan fingerprint density at radius 1 is 1.04 bits per heavy atom. The van der Waals surface area contributed by atoms with E-state index in [0.29, 0.717) is 22.9 Å². The van der Waals surface area contributed by atoms with E-state index < -0.39 is 0 Å². The summed E-state index contributed by atoms with van der Waals surface area (Å²) in [7, 11) is 4.60. The van der Waals surface area contributed by atoms with Gasteiger partial charge in [-0.05, 0) is 12.1 Å². The number of pyridine rings is 1. The van der Waals surface area contributed by atoms with Crippen LogP contribution >= 0.6 is 11.8 Å². The average Bonchev–Trinajstić information content (AvgIpc) is 2.71. The van der Waals surface area contributed by atoms with Crippen molar-refractivity contribution in [1.82, 2.24) is 4.98 Å². The van der Waals surface area contributed by atoms with Crippen LogP contribution in [0.2, 0.25) is 0 Å². The van der Waals surface area contributed by atoms with Gasteiger partial charge in [-0.15, -0.1) is 11.8 Å². The summed E-state index contributed by atoms with van der Waals surface area (Å²) >= 11 is 1.44. The lowest BCUT2D eigenvalue weighted by Crippen LogP contribution is -2.14. The third kappa shape index (κ3) is 4.25. The highest BCUT2D eigenvalue weighted by molar-refractivity contribution is 8.00. The van der Waals surface area contributed by atoms with Crippen LogP contribution in [-0.4, -0.2) is 38.0 Å². The quantitative estimate of drug-likeness (QED) is 0.621. The first-order valence-electron chi connectivity index (χ1n) is 8.22. The molecule has 0 atom stereocenters. The van der Waals surface area contributed by atoms with Crippen LogP contribution in [-0.2, 0) is 4.79 Å². The number of para-hydroxylation sites is 1. The number of methoxy groups -OCH3 is 3. The van der Waals surface area contributed by atoms with Crippen molar-refractivity contribution in [3.05, 3.63) is 48.7 Å². The molecule has 0 aliphatic rings. The highest BCUT2D eigenvalue weighted by Gasteiger charge is 2.15. The molecule has 3 aromatic rings. The van der Waals surface area contributed by atoms with Gasteiger partial charge in [0.05, 0.1) is 32.6 Å². The zero-order valence-electron chi connectivity index (χ0n) is 15.3. The zero-order chi connectivity index (χ0) is 19.2. The molecule has 2 aromatic carbocycles. The van der Waals surface area contributed by atoms with E-state index in [1.165, 1.54) is 33.1 Å².